The molecule has 4 rings (SSSR count). The minimum Gasteiger partial charge on any atom is -0.343 e. The first kappa shape index (κ1) is 25.3. The van der Waals surface area contributed by atoms with Gasteiger partial charge < -0.3 is 5.32 Å². The zero-order valence-corrected chi connectivity index (χ0v) is 21.4. The van der Waals surface area contributed by atoms with E-state index in [-0.39, 0.29) is 5.91 Å². The van der Waals surface area contributed by atoms with E-state index < -0.39 is 12.1 Å². The van der Waals surface area contributed by atoms with E-state index in [0.717, 1.165) is 16.7 Å². The zero-order valence-electron chi connectivity index (χ0n) is 18.3. The lowest BCUT2D eigenvalue weighted by atomic mass is 9.93. The maximum atomic E-state index is 13.2. The van der Waals surface area contributed by atoms with Crippen LogP contribution in [0.25, 0.3) is 0 Å². The summed E-state index contributed by atoms with van der Waals surface area (Å²) in [7, 11) is 0. The molecular formula is C28H20Cl4N2O. The predicted molar refractivity (Wildman–Crippen MR) is 146 cm³/mol. The van der Waals surface area contributed by atoms with Crippen LogP contribution < -0.4 is 5.32 Å². The molecule has 3 nitrogen and oxygen atoms in total. The summed E-state index contributed by atoms with van der Waals surface area (Å²) in [5.74, 6) is -0.248. The van der Waals surface area contributed by atoms with Crippen molar-refractivity contribution in [1.82, 2.24) is 5.32 Å². The Kier molecular flexibility index (Phi) is 8.48. The fraction of sp³-hybridized carbons (Fsp3) is 0.0714. The standard InChI is InChI=1S/C28H20Cl4N2O/c29-22-9-1-18(2-10-22)17-33-26(19-3-11-23(30)12-4-19)27(20-5-13-24(31)14-6-20)34-28(35)21-7-15-25(32)16-8-21/h1-17,26-27H,(H,34,35)/t26?,27-/m0/s1. The summed E-state index contributed by atoms with van der Waals surface area (Å²) in [6, 6.07) is 27.9. The van der Waals surface area contributed by atoms with Gasteiger partial charge in [-0.3, -0.25) is 9.79 Å². The Morgan fingerprint density at radius 3 is 1.57 bits per heavy atom. The Labute approximate surface area is 224 Å². The molecule has 7 heteroatoms. The number of amides is 1. The van der Waals surface area contributed by atoms with E-state index in [1.807, 2.05) is 48.5 Å². The number of rotatable bonds is 7. The van der Waals surface area contributed by atoms with Gasteiger partial charge in [-0.15, -0.1) is 0 Å². The molecule has 0 spiro atoms. The molecule has 0 aliphatic heterocycles. The molecule has 4 aromatic carbocycles. The van der Waals surface area contributed by atoms with Gasteiger partial charge >= 0.3 is 0 Å². The molecule has 0 saturated carbocycles. The van der Waals surface area contributed by atoms with Crippen molar-refractivity contribution < 1.29 is 4.79 Å². The third-order valence-corrected chi connectivity index (χ3v) is 6.41. The van der Waals surface area contributed by atoms with E-state index in [2.05, 4.69) is 5.32 Å². The van der Waals surface area contributed by atoms with Gasteiger partial charge in [-0.25, -0.2) is 0 Å². The van der Waals surface area contributed by atoms with Crippen LogP contribution in [-0.2, 0) is 0 Å². The van der Waals surface area contributed by atoms with Crippen LogP contribution in [0.4, 0.5) is 0 Å². The van der Waals surface area contributed by atoms with Crippen LogP contribution in [0.1, 0.15) is 39.1 Å². The maximum Gasteiger partial charge on any atom is 0.251 e. The highest BCUT2D eigenvalue weighted by molar-refractivity contribution is 6.31. The number of benzene rings is 4. The van der Waals surface area contributed by atoms with Crippen molar-refractivity contribution in [3.05, 3.63) is 139 Å². The molecule has 1 unspecified atom stereocenters. The highest BCUT2D eigenvalue weighted by atomic mass is 35.5. The smallest absolute Gasteiger partial charge is 0.251 e. The molecule has 2 atom stereocenters. The van der Waals surface area contributed by atoms with E-state index in [9.17, 15) is 4.79 Å². The average Bonchev–Trinajstić information content (AvgIpc) is 2.86. The third kappa shape index (κ3) is 6.87. The highest BCUT2D eigenvalue weighted by Crippen LogP contribution is 2.34. The van der Waals surface area contributed by atoms with E-state index in [1.54, 1.807) is 54.7 Å². The SMILES string of the molecule is O=C(N[C@@H](c1ccc(Cl)cc1)C(N=Cc1ccc(Cl)cc1)c1ccc(Cl)cc1)c1ccc(Cl)cc1. The predicted octanol–water partition coefficient (Wildman–Crippen LogP) is 8.63. The molecule has 35 heavy (non-hydrogen) atoms. The van der Waals surface area contributed by atoms with Gasteiger partial charge in [-0.05, 0) is 77.4 Å². The summed E-state index contributed by atoms with van der Waals surface area (Å²) < 4.78 is 0. The molecule has 176 valence electrons. The summed E-state index contributed by atoms with van der Waals surface area (Å²) in [6.45, 7) is 0. The fourth-order valence-electron chi connectivity index (χ4n) is 3.58. The molecule has 0 aliphatic carbocycles. The van der Waals surface area contributed by atoms with Gasteiger partial charge in [0, 0.05) is 31.9 Å². The van der Waals surface area contributed by atoms with Crippen molar-refractivity contribution in [2.24, 2.45) is 4.99 Å². The fourth-order valence-corrected chi connectivity index (χ4v) is 4.08. The van der Waals surface area contributed by atoms with Crippen LogP contribution in [0.15, 0.2) is 102 Å². The lowest BCUT2D eigenvalue weighted by molar-refractivity contribution is 0.0930. The molecule has 0 heterocycles. The number of halogens is 4. The molecule has 0 fully saturated rings. The number of nitrogens with zero attached hydrogens (tertiary/aromatic N) is 1. The minimum absolute atomic E-state index is 0.248. The van der Waals surface area contributed by atoms with Crippen LogP contribution in [0.3, 0.4) is 0 Å². The number of hydrogen-bond donors (Lipinski definition) is 1. The van der Waals surface area contributed by atoms with Gasteiger partial charge in [-0.2, -0.15) is 0 Å². The van der Waals surface area contributed by atoms with Crippen molar-refractivity contribution >= 4 is 58.5 Å². The number of aliphatic imine (C=N–C) groups is 1. The molecule has 0 saturated heterocycles. The Hall–Kier alpha value is -2.82. The van der Waals surface area contributed by atoms with E-state index in [0.29, 0.717) is 25.7 Å². The maximum absolute atomic E-state index is 13.2. The summed E-state index contributed by atoms with van der Waals surface area (Å²) in [5, 5.41) is 5.57. The van der Waals surface area contributed by atoms with E-state index >= 15 is 0 Å². The van der Waals surface area contributed by atoms with Crippen LogP contribution >= 0.6 is 46.4 Å². The van der Waals surface area contributed by atoms with Crippen molar-refractivity contribution in [3.8, 4) is 0 Å². The lowest BCUT2D eigenvalue weighted by Crippen LogP contribution is -2.32. The van der Waals surface area contributed by atoms with Gasteiger partial charge in [0.15, 0.2) is 0 Å². The second-order valence-electron chi connectivity index (χ2n) is 7.84. The molecule has 0 radical (unpaired) electrons. The summed E-state index contributed by atoms with van der Waals surface area (Å²) in [5.41, 5.74) is 3.11. The average molecular weight is 542 g/mol. The number of hydrogen-bond acceptors (Lipinski definition) is 2. The Morgan fingerprint density at radius 2 is 1.06 bits per heavy atom. The first-order valence-electron chi connectivity index (χ1n) is 10.7. The Bertz CT molecular complexity index is 1300. The normalized spacial score (nSPS) is 12.9. The molecule has 1 amide bonds. The number of nitrogens with one attached hydrogen (secondary N) is 1. The van der Waals surface area contributed by atoms with Crippen molar-refractivity contribution in [2.45, 2.75) is 12.1 Å². The first-order chi connectivity index (χ1) is 16.9. The molecule has 0 aliphatic rings. The van der Waals surface area contributed by atoms with E-state index in [4.69, 9.17) is 51.4 Å². The molecule has 0 bridgehead atoms. The molecule has 0 aromatic heterocycles. The topological polar surface area (TPSA) is 41.5 Å². The van der Waals surface area contributed by atoms with Crippen molar-refractivity contribution in [1.29, 1.82) is 0 Å². The quantitative estimate of drug-likeness (QED) is 0.234. The Balaban J connectivity index is 1.76. The van der Waals surface area contributed by atoms with E-state index in [1.165, 1.54) is 0 Å². The second kappa shape index (κ2) is 11.7. The minimum atomic E-state index is -0.500. The van der Waals surface area contributed by atoms with Gasteiger partial charge in [0.1, 0.15) is 0 Å². The van der Waals surface area contributed by atoms with Crippen LogP contribution in [-0.4, -0.2) is 12.1 Å². The molecule has 4 aromatic rings. The molecule has 1 N–H and O–H groups in total. The first-order valence-corrected chi connectivity index (χ1v) is 12.3. The monoisotopic (exact) mass is 540 g/mol. The summed E-state index contributed by atoms with van der Waals surface area (Å²) in [6.07, 6.45) is 1.77. The number of carbonyl (C=O) groups excluding carboxylic acids is 1. The molecular weight excluding hydrogens is 522 g/mol. The zero-order chi connectivity index (χ0) is 24.8. The van der Waals surface area contributed by atoms with Crippen molar-refractivity contribution in [3.63, 3.8) is 0 Å². The van der Waals surface area contributed by atoms with Gasteiger partial charge in [-0.1, -0.05) is 82.8 Å². The summed E-state index contributed by atoms with van der Waals surface area (Å²) in [4.78, 5) is 18.1. The highest BCUT2D eigenvalue weighted by Gasteiger charge is 2.26. The Morgan fingerprint density at radius 1 is 0.629 bits per heavy atom. The van der Waals surface area contributed by atoms with Gasteiger partial charge in [0.2, 0.25) is 0 Å². The second-order valence-corrected chi connectivity index (χ2v) is 9.58. The van der Waals surface area contributed by atoms with Gasteiger partial charge in [0.25, 0.3) is 5.91 Å². The number of carbonyl (C=O) groups is 1. The van der Waals surface area contributed by atoms with Crippen LogP contribution in [0.2, 0.25) is 20.1 Å². The van der Waals surface area contributed by atoms with Crippen LogP contribution in [0, 0.1) is 0 Å². The lowest BCUT2D eigenvalue weighted by Gasteiger charge is -2.26. The largest absolute Gasteiger partial charge is 0.343 e. The van der Waals surface area contributed by atoms with Gasteiger partial charge in [0.05, 0.1) is 12.1 Å². The summed E-state index contributed by atoms with van der Waals surface area (Å²) >= 11 is 24.3. The van der Waals surface area contributed by atoms with Crippen LogP contribution in [0.5, 0.6) is 0 Å². The third-order valence-electron chi connectivity index (χ3n) is 5.40. The van der Waals surface area contributed by atoms with Crippen molar-refractivity contribution in [2.75, 3.05) is 0 Å².